The molecule has 0 saturated heterocycles. The van der Waals surface area contributed by atoms with Crippen LogP contribution in [-0.2, 0) is 26.7 Å². The van der Waals surface area contributed by atoms with Crippen molar-refractivity contribution in [3.05, 3.63) is 114 Å². The van der Waals surface area contributed by atoms with Gasteiger partial charge in [0.25, 0.3) is 0 Å². The number of aromatic nitrogens is 3. The van der Waals surface area contributed by atoms with Crippen LogP contribution in [0.15, 0.2) is 85.1 Å². The van der Waals surface area contributed by atoms with Gasteiger partial charge in [0.1, 0.15) is 0 Å². The van der Waals surface area contributed by atoms with Crippen molar-refractivity contribution in [3.8, 4) is 22.6 Å². The minimum absolute atomic E-state index is 0. The average Bonchev–Trinajstić information content (AvgIpc) is 3.67. The summed E-state index contributed by atoms with van der Waals surface area (Å²) in [5, 5.41) is 0. The number of imidazole rings is 1. The Balaban J connectivity index is 0.000000150. The Labute approximate surface area is 250 Å². The molecule has 203 valence electrons. The first-order valence-corrected chi connectivity index (χ1v) is 14.3. The SMILES string of the molecule is CC1c2ccc[c-]c2-c2ncccc2C1C.[Ir].[c-]1ccccc1-c1nc2cccc3c2n1CC=C3C1CCCC1. The van der Waals surface area contributed by atoms with Crippen LogP contribution >= 0.6 is 0 Å². The second-order valence-electron chi connectivity index (χ2n) is 11.2. The Morgan fingerprint density at radius 1 is 0.825 bits per heavy atom. The van der Waals surface area contributed by atoms with Crippen LogP contribution in [0.1, 0.15) is 68.1 Å². The fourth-order valence-corrected chi connectivity index (χ4v) is 6.82. The fraction of sp³-hybridized carbons (Fsp3) is 0.278. The van der Waals surface area contributed by atoms with Gasteiger partial charge < -0.3 is 9.55 Å². The van der Waals surface area contributed by atoms with E-state index in [0.717, 1.165) is 35.1 Å². The third-order valence-electron chi connectivity index (χ3n) is 9.01. The molecule has 1 fully saturated rings. The number of hydrogen-bond acceptors (Lipinski definition) is 2. The minimum Gasteiger partial charge on any atom is -0.360 e. The Kier molecular flexibility index (Phi) is 7.57. The van der Waals surface area contributed by atoms with Crippen molar-refractivity contribution in [2.45, 2.75) is 57.9 Å². The molecule has 4 heteroatoms. The zero-order valence-corrected chi connectivity index (χ0v) is 25.4. The van der Waals surface area contributed by atoms with Crippen LogP contribution < -0.4 is 0 Å². The number of para-hydroxylation sites is 1. The molecule has 3 nitrogen and oxygen atoms in total. The Bertz CT molecular complexity index is 1630. The van der Waals surface area contributed by atoms with E-state index in [1.807, 2.05) is 30.5 Å². The van der Waals surface area contributed by atoms with Gasteiger partial charge in [-0.1, -0.05) is 56.5 Å². The molecule has 2 atom stereocenters. The quantitative estimate of drug-likeness (QED) is 0.173. The molecule has 40 heavy (non-hydrogen) atoms. The zero-order chi connectivity index (χ0) is 26.3. The fourth-order valence-electron chi connectivity index (χ4n) is 6.82. The van der Waals surface area contributed by atoms with Crippen molar-refractivity contribution in [1.29, 1.82) is 0 Å². The monoisotopic (exact) mass is 700 g/mol. The van der Waals surface area contributed by atoms with Crippen LogP contribution in [0.2, 0.25) is 0 Å². The van der Waals surface area contributed by atoms with Crippen molar-refractivity contribution in [1.82, 2.24) is 14.5 Å². The van der Waals surface area contributed by atoms with E-state index in [-0.39, 0.29) is 20.1 Å². The van der Waals surface area contributed by atoms with E-state index < -0.39 is 0 Å². The summed E-state index contributed by atoms with van der Waals surface area (Å²) in [7, 11) is 0. The molecule has 3 heterocycles. The topological polar surface area (TPSA) is 30.7 Å². The molecule has 0 spiro atoms. The predicted octanol–water partition coefficient (Wildman–Crippen LogP) is 8.86. The smallest absolute Gasteiger partial charge is 0.0777 e. The summed E-state index contributed by atoms with van der Waals surface area (Å²) in [4.78, 5) is 9.43. The molecule has 2 unspecified atom stereocenters. The van der Waals surface area contributed by atoms with E-state index in [9.17, 15) is 0 Å². The van der Waals surface area contributed by atoms with Crippen LogP contribution in [0, 0.1) is 18.1 Å². The molecule has 0 N–H and O–H groups in total. The third-order valence-corrected chi connectivity index (χ3v) is 9.01. The normalized spacial score (nSPS) is 19.1. The summed E-state index contributed by atoms with van der Waals surface area (Å²) < 4.78 is 2.36. The molecule has 0 bridgehead atoms. The van der Waals surface area contributed by atoms with Crippen molar-refractivity contribution >= 4 is 16.6 Å². The first kappa shape index (κ1) is 26.9. The summed E-state index contributed by atoms with van der Waals surface area (Å²) >= 11 is 0. The van der Waals surface area contributed by atoms with Crippen LogP contribution in [0.3, 0.4) is 0 Å². The van der Waals surface area contributed by atoms with Gasteiger partial charge in [0.05, 0.1) is 16.9 Å². The number of fused-ring (bicyclic) bond motifs is 3. The summed E-state index contributed by atoms with van der Waals surface area (Å²) in [5.74, 6) is 2.86. The van der Waals surface area contributed by atoms with E-state index in [2.05, 4.69) is 90.1 Å². The molecular formula is C36H33IrN3-2. The average molecular weight is 700 g/mol. The number of nitrogens with zero attached hydrogens (tertiary/aromatic N) is 3. The predicted molar refractivity (Wildman–Crippen MR) is 159 cm³/mol. The Hall–Kier alpha value is -3.33. The largest absolute Gasteiger partial charge is 0.360 e. The van der Waals surface area contributed by atoms with E-state index in [1.165, 1.54) is 53.5 Å². The van der Waals surface area contributed by atoms with Gasteiger partial charge in [0, 0.05) is 38.4 Å². The van der Waals surface area contributed by atoms with Crippen molar-refractivity contribution in [3.63, 3.8) is 0 Å². The Morgan fingerprint density at radius 3 is 2.45 bits per heavy atom. The summed E-state index contributed by atoms with van der Waals surface area (Å²) in [6.45, 7) is 5.49. The molecule has 2 aliphatic carbocycles. The molecule has 1 aliphatic heterocycles. The maximum absolute atomic E-state index is 4.91. The summed E-state index contributed by atoms with van der Waals surface area (Å²) in [6.07, 6.45) is 9.74. The molecule has 1 radical (unpaired) electrons. The van der Waals surface area contributed by atoms with Crippen LogP contribution in [0.4, 0.5) is 0 Å². The van der Waals surface area contributed by atoms with Crippen molar-refractivity contribution in [2.75, 3.05) is 0 Å². The first-order chi connectivity index (χ1) is 19.2. The molecule has 0 amide bonds. The second-order valence-corrected chi connectivity index (χ2v) is 11.2. The van der Waals surface area contributed by atoms with Crippen molar-refractivity contribution in [2.24, 2.45) is 5.92 Å². The second kappa shape index (κ2) is 11.3. The van der Waals surface area contributed by atoms with E-state index in [1.54, 1.807) is 5.57 Å². The number of hydrogen-bond donors (Lipinski definition) is 0. The molecule has 2 aromatic heterocycles. The number of pyridine rings is 1. The summed E-state index contributed by atoms with van der Waals surface area (Å²) in [5.41, 5.74) is 11.5. The van der Waals surface area contributed by atoms with Crippen LogP contribution in [0.25, 0.3) is 39.3 Å². The first-order valence-electron chi connectivity index (χ1n) is 14.3. The van der Waals surface area contributed by atoms with Gasteiger partial charge in [0.15, 0.2) is 0 Å². The molecule has 8 rings (SSSR count). The van der Waals surface area contributed by atoms with Gasteiger partial charge >= 0.3 is 0 Å². The molecule has 3 aliphatic rings. The van der Waals surface area contributed by atoms with Gasteiger partial charge in [-0.05, 0) is 54.0 Å². The van der Waals surface area contributed by atoms with E-state index in [0.29, 0.717) is 11.8 Å². The standard InChI is InChI=1S/C21H19N2.C15H14N.Ir/c1-2-9-16(10-3-1)21-22-19-12-6-11-18-17(15-7-4-5-8-15)13-14-23(21)20(18)19;1-10-11(2)13-8-5-9-16-15(13)14-7-4-3-6-12(10)14;/h1-3,6,9,11-13,15H,4-5,7-8,14H2;3-6,8-11H,1-2H3;/q2*-1;. The molecule has 3 aromatic carbocycles. The number of allylic oxidation sites excluding steroid dienone is 2. The minimum atomic E-state index is 0. The molecular weight excluding hydrogens is 667 g/mol. The maximum atomic E-state index is 4.91. The van der Waals surface area contributed by atoms with Gasteiger partial charge in [-0.2, -0.15) is 0 Å². The van der Waals surface area contributed by atoms with Gasteiger partial charge in [0.2, 0.25) is 0 Å². The third kappa shape index (κ3) is 4.58. The van der Waals surface area contributed by atoms with Gasteiger partial charge in [-0.15, -0.1) is 71.3 Å². The zero-order valence-electron chi connectivity index (χ0n) is 23.0. The summed E-state index contributed by atoms with van der Waals surface area (Å²) in [6, 6.07) is 31.8. The van der Waals surface area contributed by atoms with Gasteiger partial charge in [-0.3, -0.25) is 4.98 Å². The van der Waals surface area contributed by atoms with Crippen LogP contribution in [0.5, 0.6) is 0 Å². The number of benzene rings is 3. The molecule has 1 saturated carbocycles. The van der Waals surface area contributed by atoms with E-state index in [4.69, 9.17) is 4.98 Å². The van der Waals surface area contributed by atoms with Crippen LogP contribution in [-0.4, -0.2) is 14.5 Å². The van der Waals surface area contributed by atoms with Crippen molar-refractivity contribution < 1.29 is 20.1 Å². The maximum Gasteiger partial charge on any atom is 0.0777 e. The van der Waals surface area contributed by atoms with E-state index >= 15 is 0 Å². The Morgan fingerprint density at radius 2 is 1.62 bits per heavy atom. The van der Waals surface area contributed by atoms with Gasteiger partial charge in [-0.25, -0.2) is 0 Å². The molecule has 5 aromatic rings. The number of rotatable bonds is 2.